The maximum Gasteiger partial charge on any atom is 0.311 e. The fourth-order valence-electron chi connectivity index (χ4n) is 3.92. The summed E-state index contributed by atoms with van der Waals surface area (Å²) < 4.78 is 0. The van der Waals surface area contributed by atoms with E-state index in [2.05, 4.69) is 13.8 Å². The molecular formula is C18H23NO3S. The van der Waals surface area contributed by atoms with Gasteiger partial charge in [0.15, 0.2) is 0 Å². The number of carbonyl (C=O) groups excluding carboxylic acids is 1. The van der Waals surface area contributed by atoms with Crippen LogP contribution in [0.5, 0.6) is 0 Å². The monoisotopic (exact) mass is 333 g/mol. The third-order valence-electron chi connectivity index (χ3n) is 5.06. The second kappa shape index (κ2) is 6.19. The first-order valence-electron chi connectivity index (χ1n) is 8.22. The summed E-state index contributed by atoms with van der Waals surface area (Å²) in [5.41, 5.74) is -0.0538. The van der Waals surface area contributed by atoms with Gasteiger partial charge in [-0.3, -0.25) is 9.59 Å². The van der Waals surface area contributed by atoms with Gasteiger partial charge >= 0.3 is 5.97 Å². The smallest absolute Gasteiger partial charge is 0.311 e. The van der Waals surface area contributed by atoms with E-state index in [0.29, 0.717) is 30.3 Å². The number of hydrogen-bond donors (Lipinski definition) is 1. The molecule has 0 aromatic heterocycles. The van der Waals surface area contributed by atoms with Crippen molar-refractivity contribution in [3.63, 3.8) is 0 Å². The third kappa shape index (κ3) is 2.99. The van der Waals surface area contributed by atoms with Gasteiger partial charge in [0.2, 0.25) is 0 Å². The van der Waals surface area contributed by atoms with E-state index in [-0.39, 0.29) is 11.8 Å². The van der Waals surface area contributed by atoms with Crippen LogP contribution in [0.15, 0.2) is 29.2 Å². The molecule has 4 nitrogen and oxygen atoms in total. The van der Waals surface area contributed by atoms with Crippen LogP contribution in [-0.2, 0) is 4.79 Å². The lowest BCUT2D eigenvalue weighted by Gasteiger charge is -2.23. The van der Waals surface area contributed by atoms with Gasteiger partial charge in [0, 0.05) is 28.8 Å². The predicted octanol–water partition coefficient (Wildman–Crippen LogP) is 3.51. The summed E-state index contributed by atoms with van der Waals surface area (Å²) in [5.74, 6) is -0.667. The molecular weight excluding hydrogens is 310 g/mol. The van der Waals surface area contributed by atoms with Crippen molar-refractivity contribution in [3.05, 3.63) is 29.8 Å². The Morgan fingerprint density at radius 3 is 2.57 bits per heavy atom. The number of fused-ring (bicyclic) bond motifs is 1. The van der Waals surface area contributed by atoms with Crippen LogP contribution < -0.4 is 0 Å². The van der Waals surface area contributed by atoms with Crippen molar-refractivity contribution < 1.29 is 14.7 Å². The molecule has 2 atom stereocenters. The summed E-state index contributed by atoms with van der Waals surface area (Å²) in [4.78, 5) is 27.3. The zero-order valence-corrected chi connectivity index (χ0v) is 14.4. The molecule has 1 aliphatic carbocycles. The molecule has 0 spiro atoms. The molecule has 2 fully saturated rings. The number of aliphatic carboxylic acids is 1. The van der Waals surface area contributed by atoms with Crippen LogP contribution in [0.4, 0.5) is 0 Å². The largest absolute Gasteiger partial charge is 0.481 e. The van der Waals surface area contributed by atoms with Gasteiger partial charge in [-0.2, -0.15) is 0 Å². The summed E-state index contributed by atoms with van der Waals surface area (Å²) in [6, 6.07) is 7.66. The summed E-state index contributed by atoms with van der Waals surface area (Å²) in [5, 5.41) is 10.1. The molecule has 1 aromatic carbocycles. The number of likely N-dealkylation sites (tertiary alicyclic amines) is 1. The summed E-state index contributed by atoms with van der Waals surface area (Å²) in [7, 11) is 0. The number of rotatable bonds is 4. The summed E-state index contributed by atoms with van der Waals surface area (Å²) in [6.45, 7) is 5.21. The number of carboxylic acid groups (broad SMARTS) is 1. The Hall–Kier alpha value is -1.49. The Morgan fingerprint density at radius 1 is 1.30 bits per heavy atom. The van der Waals surface area contributed by atoms with E-state index in [4.69, 9.17) is 0 Å². The Morgan fingerprint density at radius 2 is 2.00 bits per heavy atom. The fraction of sp³-hybridized carbons (Fsp3) is 0.556. The van der Waals surface area contributed by atoms with Crippen LogP contribution in [-0.4, -0.2) is 40.2 Å². The van der Waals surface area contributed by atoms with Gasteiger partial charge in [0.1, 0.15) is 0 Å². The van der Waals surface area contributed by atoms with Gasteiger partial charge in [-0.05, 0) is 43.0 Å². The molecule has 1 aliphatic heterocycles. The molecule has 124 valence electrons. The molecule has 1 amide bonds. The maximum absolute atomic E-state index is 12.7. The highest BCUT2D eigenvalue weighted by atomic mass is 32.2. The molecule has 1 saturated heterocycles. The Labute approximate surface area is 141 Å². The molecule has 1 heterocycles. The quantitative estimate of drug-likeness (QED) is 0.857. The van der Waals surface area contributed by atoms with Crippen molar-refractivity contribution in [1.29, 1.82) is 0 Å². The Bertz CT molecular complexity index is 613. The van der Waals surface area contributed by atoms with E-state index in [1.807, 2.05) is 24.3 Å². The van der Waals surface area contributed by atoms with Crippen molar-refractivity contribution in [2.45, 2.75) is 43.3 Å². The number of nitrogens with zero attached hydrogens (tertiary/aromatic N) is 1. The Balaban J connectivity index is 1.73. The van der Waals surface area contributed by atoms with E-state index < -0.39 is 11.4 Å². The summed E-state index contributed by atoms with van der Waals surface area (Å²) >= 11 is 1.77. The van der Waals surface area contributed by atoms with Crippen LogP contribution in [0.25, 0.3) is 0 Å². The number of amides is 1. The number of carboxylic acids is 1. The van der Waals surface area contributed by atoms with Gasteiger partial charge in [0.25, 0.3) is 5.91 Å². The van der Waals surface area contributed by atoms with E-state index in [0.717, 1.165) is 17.7 Å². The van der Waals surface area contributed by atoms with Crippen LogP contribution in [0, 0.1) is 11.3 Å². The van der Waals surface area contributed by atoms with E-state index in [9.17, 15) is 14.7 Å². The minimum atomic E-state index is -0.737. The lowest BCUT2D eigenvalue weighted by molar-refractivity contribution is -0.149. The topological polar surface area (TPSA) is 57.6 Å². The molecule has 1 aromatic rings. The van der Waals surface area contributed by atoms with Gasteiger partial charge in [-0.15, -0.1) is 11.8 Å². The zero-order chi connectivity index (χ0) is 16.6. The second-order valence-corrected chi connectivity index (χ2v) is 8.58. The van der Waals surface area contributed by atoms with Crippen LogP contribution in [0.2, 0.25) is 0 Å². The first kappa shape index (κ1) is 16.4. The van der Waals surface area contributed by atoms with Crippen LogP contribution in [0.1, 0.15) is 43.5 Å². The van der Waals surface area contributed by atoms with Gasteiger partial charge in [-0.1, -0.05) is 20.3 Å². The molecule has 1 saturated carbocycles. The van der Waals surface area contributed by atoms with Crippen molar-refractivity contribution in [2.24, 2.45) is 11.3 Å². The molecule has 0 unspecified atom stereocenters. The highest BCUT2D eigenvalue weighted by Crippen LogP contribution is 2.49. The number of carbonyl (C=O) groups is 2. The minimum Gasteiger partial charge on any atom is -0.481 e. The normalized spacial score (nSPS) is 26.6. The molecule has 0 radical (unpaired) electrons. The lowest BCUT2D eigenvalue weighted by Crippen LogP contribution is -2.37. The first-order chi connectivity index (χ1) is 10.9. The number of benzene rings is 1. The van der Waals surface area contributed by atoms with E-state index >= 15 is 0 Å². The minimum absolute atomic E-state index is 0.0406. The van der Waals surface area contributed by atoms with Crippen LogP contribution in [0.3, 0.4) is 0 Å². The van der Waals surface area contributed by atoms with Gasteiger partial charge in [0.05, 0.1) is 5.41 Å². The molecule has 1 N–H and O–H groups in total. The average molecular weight is 333 g/mol. The summed E-state index contributed by atoms with van der Waals surface area (Å²) in [6.07, 6.45) is 2.57. The number of thioether (sulfide) groups is 1. The predicted molar refractivity (Wildman–Crippen MR) is 90.7 cm³/mol. The first-order valence-corrected chi connectivity index (χ1v) is 9.10. The van der Waals surface area contributed by atoms with Gasteiger partial charge in [-0.25, -0.2) is 0 Å². The molecule has 0 bridgehead atoms. The van der Waals surface area contributed by atoms with Crippen molar-refractivity contribution in [1.82, 2.24) is 4.90 Å². The third-order valence-corrected chi connectivity index (χ3v) is 6.07. The molecule has 3 rings (SSSR count). The Kier molecular flexibility index (Phi) is 4.41. The molecule has 23 heavy (non-hydrogen) atoms. The van der Waals surface area contributed by atoms with Gasteiger partial charge < -0.3 is 10.0 Å². The van der Waals surface area contributed by atoms with Crippen molar-refractivity contribution in [3.8, 4) is 0 Å². The zero-order valence-electron chi connectivity index (χ0n) is 13.6. The van der Waals surface area contributed by atoms with E-state index in [1.165, 1.54) is 0 Å². The second-order valence-electron chi connectivity index (χ2n) is 6.93. The standard InChI is InChI=1S/C18H23NO3S/c1-12(2)23-15-7-5-13(6-8-15)16(20)19-10-14-4-3-9-18(14,11-19)17(21)22/h5-8,12,14H,3-4,9-11H2,1-2H3,(H,21,22)/t14-,18+/m0/s1. The highest BCUT2D eigenvalue weighted by Gasteiger charge is 2.55. The highest BCUT2D eigenvalue weighted by molar-refractivity contribution is 7.99. The van der Waals surface area contributed by atoms with Crippen LogP contribution >= 0.6 is 11.8 Å². The average Bonchev–Trinajstić information content (AvgIpc) is 3.04. The molecule has 2 aliphatic rings. The number of hydrogen-bond acceptors (Lipinski definition) is 3. The fourth-order valence-corrected chi connectivity index (χ4v) is 4.76. The van der Waals surface area contributed by atoms with Crippen molar-refractivity contribution in [2.75, 3.05) is 13.1 Å². The lowest BCUT2D eigenvalue weighted by atomic mass is 9.81. The SMILES string of the molecule is CC(C)Sc1ccc(C(=O)N2C[C@@H]3CCC[C@@]3(C(=O)O)C2)cc1. The maximum atomic E-state index is 12.7. The molecule has 5 heteroatoms. The van der Waals surface area contributed by atoms with E-state index in [1.54, 1.807) is 16.7 Å². The van der Waals surface area contributed by atoms with Crippen molar-refractivity contribution >= 4 is 23.6 Å².